The number of thiophene rings is 1. The summed E-state index contributed by atoms with van der Waals surface area (Å²) in [5, 5.41) is 17.6. The molecular formula is C24H29F2N4O4S+. The lowest BCUT2D eigenvalue weighted by atomic mass is 9.80. The van der Waals surface area contributed by atoms with E-state index < -0.39 is 35.9 Å². The number of carbonyl (C=O) groups is 2. The zero-order chi connectivity index (χ0) is 24.7. The van der Waals surface area contributed by atoms with Gasteiger partial charge in [0.15, 0.2) is 18.2 Å². The predicted octanol–water partition coefficient (Wildman–Crippen LogP) is 2.95. The van der Waals surface area contributed by atoms with Crippen molar-refractivity contribution in [3.8, 4) is 0 Å². The molecule has 188 valence electrons. The van der Waals surface area contributed by atoms with Crippen LogP contribution in [-0.2, 0) is 19.9 Å². The van der Waals surface area contributed by atoms with Gasteiger partial charge in [-0.1, -0.05) is 0 Å². The van der Waals surface area contributed by atoms with Crippen LogP contribution in [0.2, 0.25) is 0 Å². The molecule has 2 aromatic heterocycles. The number of quaternary nitrogens is 1. The number of hydrogen-bond acceptors (Lipinski definition) is 7. The van der Waals surface area contributed by atoms with Gasteiger partial charge in [-0.15, -0.1) is 0 Å². The summed E-state index contributed by atoms with van der Waals surface area (Å²) in [6.45, 7) is 2.21. The van der Waals surface area contributed by atoms with Crippen LogP contribution in [0.15, 0.2) is 35.3 Å². The molecule has 6 rings (SSSR count). The van der Waals surface area contributed by atoms with E-state index in [1.807, 2.05) is 0 Å². The highest BCUT2D eigenvalue weighted by atomic mass is 32.1. The molecule has 2 unspecified atom stereocenters. The van der Waals surface area contributed by atoms with Crippen LogP contribution in [0.5, 0.6) is 0 Å². The first-order valence-electron chi connectivity index (χ1n) is 12.0. The number of amides is 1. The van der Waals surface area contributed by atoms with Crippen LogP contribution >= 0.6 is 11.3 Å². The molecule has 1 amide bonds. The van der Waals surface area contributed by atoms with E-state index in [9.17, 15) is 23.5 Å². The Bertz CT molecular complexity index is 1060. The summed E-state index contributed by atoms with van der Waals surface area (Å²) in [4.78, 5) is 34.2. The third-order valence-electron chi connectivity index (χ3n) is 7.86. The number of alkyl halides is 2. The first-order valence-corrected chi connectivity index (χ1v) is 12.9. The maximum atomic E-state index is 14.0. The van der Waals surface area contributed by atoms with Crippen LogP contribution in [0.3, 0.4) is 0 Å². The van der Waals surface area contributed by atoms with Crippen molar-refractivity contribution in [1.82, 2.24) is 9.97 Å². The number of nitrogens with zero attached hydrogens (tertiary/aromatic N) is 3. The molecule has 3 aliphatic heterocycles. The maximum absolute atomic E-state index is 14.0. The molecule has 5 heterocycles. The van der Waals surface area contributed by atoms with E-state index in [0.717, 1.165) is 25.9 Å². The Labute approximate surface area is 205 Å². The number of fused-ring (bicyclic) bond motifs is 3. The molecule has 4 fully saturated rings. The molecule has 8 nitrogen and oxygen atoms in total. The van der Waals surface area contributed by atoms with E-state index in [1.54, 1.807) is 35.3 Å². The number of halogens is 2. The van der Waals surface area contributed by atoms with Crippen LogP contribution < -0.4 is 5.32 Å². The highest BCUT2D eigenvalue weighted by Crippen LogP contribution is 2.49. The topological polar surface area (TPSA) is 101 Å². The van der Waals surface area contributed by atoms with Crippen LogP contribution in [0.25, 0.3) is 0 Å². The maximum Gasteiger partial charge on any atom is 0.343 e. The van der Waals surface area contributed by atoms with Gasteiger partial charge in [-0.3, -0.25) is 10.1 Å². The zero-order valence-electron chi connectivity index (χ0n) is 19.2. The smallest absolute Gasteiger partial charge is 0.343 e. The van der Waals surface area contributed by atoms with Gasteiger partial charge in [0.05, 0.1) is 13.1 Å². The minimum Gasteiger partial charge on any atom is -0.454 e. The summed E-state index contributed by atoms with van der Waals surface area (Å²) < 4.78 is 34.4. The summed E-state index contributed by atoms with van der Waals surface area (Å²) in [5.74, 6) is -4.55. The second-order valence-corrected chi connectivity index (χ2v) is 10.9. The second-order valence-electron chi connectivity index (χ2n) is 10.1. The molecule has 1 aliphatic carbocycles. The summed E-state index contributed by atoms with van der Waals surface area (Å²) in [7, 11) is 0. The molecule has 2 aromatic rings. The summed E-state index contributed by atoms with van der Waals surface area (Å²) in [5.41, 5.74) is -1.80. The molecule has 35 heavy (non-hydrogen) atoms. The fourth-order valence-electron chi connectivity index (χ4n) is 5.94. The van der Waals surface area contributed by atoms with Crippen molar-refractivity contribution in [2.75, 3.05) is 31.5 Å². The zero-order valence-corrected chi connectivity index (χ0v) is 20.1. The number of aromatic nitrogens is 2. The number of esters is 1. The van der Waals surface area contributed by atoms with Crippen LogP contribution in [0.1, 0.15) is 37.7 Å². The van der Waals surface area contributed by atoms with Gasteiger partial charge in [0, 0.05) is 55.5 Å². The molecule has 11 heteroatoms. The van der Waals surface area contributed by atoms with Crippen molar-refractivity contribution in [1.29, 1.82) is 0 Å². The van der Waals surface area contributed by atoms with E-state index in [-0.39, 0.29) is 37.2 Å². The van der Waals surface area contributed by atoms with Crippen LogP contribution in [0, 0.1) is 11.8 Å². The van der Waals surface area contributed by atoms with Gasteiger partial charge >= 0.3 is 5.97 Å². The largest absolute Gasteiger partial charge is 0.454 e. The second kappa shape index (κ2) is 9.18. The molecular weight excluding hydrogens is 478 g/mol. The Morgan fingerprint density at radius 1 is 1.26 bits per heavy atom. The Morgan fingerprint density at radius 2 is 2.00 bits per heavy atom. The van der Waals surface area contributed by atoms with Gasteiger partial charge in [0.1, 0.15) is 6.54 Å². The standard InChI is InChI=1S/C24H28F2N4O4S/c25-23(26)6-2-17(12-23)24(33,18-5-11-35-15-18)21(32)34-19-13-30(9-3-16(19)4-10-30)14-20(31)29-22-27-7-1-8-28-22/h1,5,7-8,11,15-17,19,33H,2-4,6,9-10,12-14H2/p+1/t16?,17?,19-,24?,30?/m0/s1. The lowest BCUT2D eigenvalue weighted by Crippen LogP contribution is -2.66. The van der Waals surface area contributed by atoms with Gasteiger partial charge in [0.25, 0.3) is 5.91 Å². The predicted molar refractivity (Wildman–Crippen MR) is 123 cm³/mol. The van der Waals surface area contributed by atoms with Gasteiger partial charge in [-0.05, 0) is 29.3 Å². The molecule has 4 aliphatic rings. The number of ether oxygens (including phenoxy) is 1. The molecule has 3 saturated heterocycles. The quantitative estimate of drug-likeness (QED) is 0.442. The lowest BCUT2D eigenvalue weighted by molar-refractivity contribution is -0.939. The van der Waals surface area contributed by atoms with Gasteiger partial charge < -0.3 is 14.3 Å². The minimum atomic E-state index is -2.91. The van der Waals surface area contributed by atoms with E-state index in [1.165, 1.54) is 11.3 Å². The van der Waals surface area contributed by atoms with Crippen molar-refractivity contribution in [2.24, 2.45) is 11.8 Å². The molecule has 0 aromatic carbocycles. The van der Waals surface area contributed by atoms with E-state index in [2.05, 4.69) is 15.3 Å². The summed E-state index contributed by atoms with van der Waals surface area (Å²) in [6, 6.07) is 3.26. The van der Waals surface area contributed by atoms with Crippen molar-refractivity contribution in [3.63, 3.8) is 0 Å². The molecule has 1 saturated carbocycles. The normalized spacial score (nSPS) is 31.0. The first kappa shape index (κ1) is 24.2. The van der Waals surface area contributed by atoms with Crippen molar-refractivity contribution in [2.45, 2.75) is 49.7 Å². The Morgan fingerprint density at radius 3 is 2.63 bits per heavy atom. The van der Waals surface area contributed by atoms with Crippen molar-refractivity contribution < 1.29 is 32.7 Å². The fourth-order valence-corrected chi connectivity index (χ4v) is 6.65. The number of hydrogen-bond donors (Lipinski definition) is 2. The number of piperidine rings is 3. The van der Waals surface area contributed by atoms with Gasteiger partial charge in [-0.2, -0.15) is 11.3 Å². The highest BCUT2D eigenvalue weighted by Gasteiger charge is 2.56. The average Bonchev–Trinajstić information content (AvgIpc) is 3.50. The van der Waals surface area contributed by atoms with E-state index >= 15 is 0 Å². The highest BCUT2D eigenvalue weighted by molar-refractivity contribution is 7.08. The SMILES string of the molecule is O=C(C[N+]12CCC(CC1)[C@@H](OC(=O)C(O)(c1ccsc1)C1CCC(F)(F)C1)C2)Nc1ncccn1. The first-order chi connectivity index (χ1) is 16.7. The van der Waals surface area contributed by atoms with Crippen LogP contribution in [0.4, 0.5) is 14.7 Å². The van der Waals surface area contributed by atoms with Gasteiger partial charge in [-0.25, -0.2) is 23.5 Å². The Hall–Kier alpha value is -2.50. The molecule has 0 spiro atoms. The third-order valence-corrected chi connectivity index (χ3v) is 8.55. The number of anilines is 1. The van der Waals surface area contributed by atoms with E-state index in [4.69, 9.17) is 4.74 Å². The molecule has 2 N–H and O–H groups in total. The minimum absolute atomic E-state index is 0.0459. The lowest BCUT2D eigenvalue weighted by Gasteiger charge is -2.51. The molecule has 0 radical (unpaired) electrons. The number of aliphatic hydroxyl groups is 1. The third kappa shape index (κ3) is 4.81. The van der Waals surface area contributed by atoms with Gasteiger partial charge in [0.2, 0.25) is 11.9 Å². The molecule has 2 bridgehead atoms. The number of carbonyl (C=O) groups excluding carboxylic acids is 2. The Balaban J connectivity index is 1.30. The van der Waals surface area contributed by atoms with E-state index in [0.29, 0.717) is 16.6 Å². The van der Waals surface area contributed by atoms with Crippen molar-refractivity contribution in [3.05, 3.63) is 40.8 Å². The van der Waals surface area contributed by atoms with Crippen molar-refractivity contribution >= 4 is 29.2 Å². The monoisotopic (exact) mass is 507 g/mol. The average molecular weight is 508 g/mol. The summed E-state index contributed by atoms with van der Waals surface area (Å²) in [6.07, 6.45) is 3.31. The molecule has 3 atom stereocenters. The Kier molecular flexibility index (Phi) is 6.35. The summed E-state index contributed by atoms with van der Waals surface area (Å²) >= 11 is 1.29. The van der Waals surface area contributed by atoms with Crippen LogP contribution in [-0.4, -0.2) is 69.6 Å². The fraction of sp³-hybridized carbons (Fsp3) is 0.583. The number of nitrogens with one attached hydrogen (secondary N) is 1. The number of rotatable bonds is 7.